The van der Waals surface area contributed by atoms with Gasteiger partial charge in [0, 0.05) is 17.6 Å². The van der Waals surface area contributed by atoms with Gasteiger partial charge in [0.1, 0.15) is 5.75 Å². The Balaban J connectivity index is 1.40. The van der Waals surface area contributed by atoms with Crippen LogP contribution in [0.2, 0.25) is 0 Å². The van der Waals surface area contributed by atoms with Crippen LogP contribution in [-0.4, -0.2) is 30.5 Å². The molecular weight excluding hydrogens is 458 g/mol. The van der Waals surface area contributed by atoms with Crippen molar-refractivity contribution in [2.45, 2.75) is 19.3 Å². The molecule has 0 saturated heterocycles. The molecule has 1 unspecified atom stereocenters. The van der Waals surface area contributed by atoms with E-state index in [4.69, 9.17) is 15.6 Å². The largest absolute Gasteiger partial charge is 0.494 e. The predicted molar refractivity (Wildman–Crippen MR) is 126 cm³/mol. The number of nitrogens with two attached hydrogens (primary N) is 1. The van der Waals surface area contributed by atoms with Crippen molar-refractivity contribution in [3.63, 3.8) is 0 Å². The Kier molecular flexibility index (Phi) is 6.44. The molecule has 3 aromatic rings. The lowest BCUT2D eigenvalue weighted by Crippen LogP contribution is -2.50. The maximum atomic E-state index is 11.1. The molecule has 7 heteroatoms. The van der Waals surface area contributed by atoms with Crippen molar-refractivity contribution in [2.24, 2.45) is 5.73 Å². The molecule has 0 aliphatic carbocycles. The summed E-state index contributed by atoms with van der Waals surface area (Å²) in [5.74, 6) is -0.404. The van der Waals surface area contributed by atoms with E-state index in [1.165, 1.54) is 5.56 Å². The molecule has 4 rings (SSSR count). The normalized spacial score (nSPS) is 15.1. The van der Waals surface area contributed by atoms with Gasteiger partial charge in [0.2, 0.25) is 0 Å². The van der Waals surface area contributed by atoms with Gasteiger partial charge in [0.05, 0.1) is 23.5 Å². The fourth-order valence-electron chi connectivity index (χ4n) is 3.76. The summed E-state index contributed by atoms with van der Waals surface area (Å²) in [4.78, 5) is 15.5. The Labute approximate surface area is 190 Å². The predicted octanol–water partition coefficient (Wildman–Crippen LogP) is 4.69. The van der Waals surface area contributed by atoms with Crippen LogP contribution < -0.4 is 20.3 Å². The first-order valence-electron chi connectivity index (χ1n) is 10.1. The molecule has 0 fully saturated rings. The Morgan fingerprint density at radius 2 is 1.71 bits per heavy atom. The number of ether oxygens (including phenoxy) is 1. The van der Waals surface area contributed by atoms with E-state index in [2.05, 4.69) is 50.0 Å². The lowest BCUT2D eigenvalue weighted by molar-refractivity contribution is 0.0696. The highest BCUT2D eigenvalue weighted by Gasteiger charge is 2.32. The van der Waals surface area contributed by atoms with E-state index >= 15 is 0 Å². The lowest BCUT2D eigenvalue weighted by atomic mass is 10.2. The monoisotopic (exact) mass is 481 g/mol. The van der Waals surface area contributed by atoms with Crippen molar-refractivity contribution < 1.29 is 14.6 Å². The second-order valence-electron chi connectivity index (χ2n) is 7.39. The van der Waals surface area contributed by atoms with Gasteiger partial charge in [-0.3, -0.25) is 5.73 Å². The van der Waals surface area contributed by atoms with Gasteiger partial charge in [-0.1, -0.05) is 46.3 Å². The van der Waals surface area contributed by atoms with Crippen molar-refractivity contribution in [3.8, 4) is 5.75 Å². The van der Waals surface area contributed by atoms with Crippen LogP contribution >= 0.6 is 15.9 Å². The molecule has 0 radical (unpaired) electrons. The smallest absolute Gasteiger partial charge is 0.335 e. The molecule has 1 aliphatic rings. The van der Waals surface area contributed by atoms with E-state index < -0.39 is 5.97 Å². The van der Waals surface area contributed by atoms with E-state index in [1.54, 1.807) is 24.3 Å². The first kappa shape index (κ1) is 21.2. The Morgan fingerprint density at radius 3 is 2.42 bits per heavy atom. The Hall–Kier alpha value is -3.03. The summed E-state index contributed by atoms with van der Waals surface area (Å²) < 4.78 is 6.82. The zero-order chi connectivity index (χ0) is 21.8. The first-order valence-corrected chi connectivity index (χ1v) is 10.9. The van der Waals surface area contributed by atoms with Crippen LogP contribution in [-0.2, 0) is 6.54 Å². The average Bonchev–Trinajstić information content (AvgIpc) is 3.04. The third-order valence-electron chi connectivity index (χ3n) is 5.30. The zero-order valence-corrected chi connectivity index (χ0v) is 18.5. The van der Waals surface area contributed by atoms with Crippen molar-refractivity contribution >= 4 is 33.3 Å². The minimum absolute atomic E-state index is 0.219. The molecule has 0 aromatic heterocycles. The van der Waals surface area contributed by atoms with Gasteiger partial charge in [-0.2, -0.15) is 0 Å². The number of rotatable bonds is 8. The molecule has 160 valence electrons. The van der Waals surface area contributed by atoms with E-state index in [9.17, 15) is 4.79 Å². The third-order valence-corrected chi connectivity index (χ3v) is 5.83. The molecule has 0 spiro atoms. The second-order valence-corrected chi connectivity index (χ2v) is 8.30. The highest BCUT2D eigenvalue weighted by atomic mass is 79.9. The topological polar surface area (TPSA) is 79.0 Å². The minimum atomic E-state index is -0.962. The van der Waals surface area contributed by atoms with Crippen molar-refractivity contribution in [2.75, 3.05) is 23.0 Å². The van der Waals surface area contributed by atoms with E-state index in [0.717, 1.165) is 35.4 Å². The minimum Gasteiger partial charge on any atom is -0.494 e. The Morgan fingerprint density at radius 1 is 1.00 bits per heavy atom. The van der Waals surface area contributed by atoms with Crippen LogP contribution in [0, 0.1) is 0 Å². The molecule has 3 N–H and O–H groups in total. The average molecular weight is 482 g/mol. The molecule has 1 aliphatic heterocycles. The number of carboxylic acids is 1. The van der Waals surface area contributed by atoms with Crippen LogP contribution in [0.5, 0.6) is 5.75 Å². The number of anilines is 2. The highest BCUT2D eigenvalue weighted by Crippen LogP contribution is 2.38. The number of benzene rings is 3. The molecule has 0 saturated carbocycles. The third kappa shape index (κ3) is 4.84. The molecule has 6 nitrogen and oxygen atoms in total. The van der Waals surface area contributed by atoms with Gasteiger partial charge >= 0.3 is 5.97 Å². The molecule has 0 bridgehead atoms. The fraction of sp³-hybridized carbons (Fsp3) is 0.208. The van der Waals surface area contributed by atoms with Crippen molar-refractivity contribution in [1.82, 2.24) is 0 Å². The number of hydrogen-bond acceptors (Lipinski definition) is 5. The van der Waals surface area contributed by atoms with Crippen LogP contribution in [0.3, 0.4) is 0 Å². The highest BCUT2D eigenvalue weighted by molar-refractivity contribution is 9.10. The van der Waals surface area contributed by atoms with E-state index in [1.807, 2.05) is 24.3 Å². The summed E-state index contributed by atoms with van der Waals surface area (Å²) in [6.45, 7) is 1.93. The number of fused-ring (bicyclic) bond motifs is 1. The maximum Gasteiger partial charge on any atom is 0.335 e. The SMILES string of the molecule is NC1N(CCCOc2cccc(C(=O)O)c2)c2ccccc2N1Cc1ccc(Br)cc1. The standard InChI is InChI=1S/C24H24BrN3O3/c25-19-11-9-17(10-12-19)16-28-22-8-2-1-7-21(22)27(24(28)26)13-4-14-31-20-6-3-5-18(15-20)23(29)30/h1-3,5-12,15,24H,4,13-14,16,26H2,(H,29,30). The van der Waals surface area contributed by atoms with Crippen molar-refractivity contribution in [3.05, 3.63) is 88.4 Å². The molecule has 0 amide bonds. The number of carbonyl (C=O) groups is 1. The molecule has 1 atom stereocenters. The van der Waals surface area contributed by atoms with E-state index in [0.29, 0.717) is 12.4 Å². The number of nitrogens with zero attached hydrogens (tertiary/aromatic N) is 2. The van der Waals surface area contributed by atoms with Crippen LogP contribution in [0.4, 0.5) is 11.4 Å². The number of para-hydroxylation sites is 2. The van der Waals surface area contributed by atoms with E-state index in [-0.39, 0.29) is 11.9 Å². The molecule has 3 aromatic carbocycles. The maximum absolute atomic E-state index is 11.1. The summed E-state index contributed by atoms with van der Waals surface area (Å²) >= 11 is 3.48. The second kappa shape index (κ2) is 9.41. The lowest BCUT2D eigenvalue weighted by Gasteiger charge is -2.30. The quantitative estimate of drug-likeness (QED) is 0.454. The molecular formula is C24H24BrN3O3. The molecule has 31 heavy (non-hydrogen) atoms. The summed E-state index contributed by atoms with van der Waals surface area (Å²) in [6.07, 6.45) is 0.488. The summed E-state index contributed by atoms with van der Waals surface area (Å²) in [7, 11) is 0. The number of halogens is 1. The Bertz CT molecular complexity index is 1060. The van der Waals surface area contributed by atoms with Crippen LogP contribution in [0.25, 0.3) is 0 Å². The van der Waals surface area contributed by atoms with Gasteiger partial charge < -0.3 is 19.6 Å². The number of aromatic carboxylic acids is 1. The van der Waals surface area contributed by atoms with Gasteiger partial charge in [0.15, 0.2) is 6.29 Å². The van der Waals surface area contributed by atoms with Gasteiger partial charge in [0.25, 0.3) is 0 Å². The zero-order valence-electron chi connectivity index (χ0n) is 16.9. The summed E-state index contributed by atoms with van der Waals surface area (Å²) in [5, 5.41) is 9.11. The number of carboxylic acid groups (broad SMARTS) is 1. The first-order chi connectivity index (χ1) is 15.0. The van der Waals surface area contributed by atoms with Crippen LogP contribution in [0.15, 0.2) is 77.3 Å². The van der Waals surface area contributed by atoms with Crippen LogP contribution in [0.1, 0.15) is 22.3 Å². The number of hydrogen-bond donors (Lipinski definition) is 2. The van der Waals surface area contributed by atoms with Gasteiger partial charge in [-0.05, 0) is 54.4 Å². The fourth-order valence-corrected chi connectivity index (χ4v) is 4.03. The van der Waals surface area contributed by atoms with Gasteiger partial charge in [-0.15, -0.1) is 0 Å². The molecule has 1 heterocycles. The van der Waals surface area contributed by atoms with Crippen molar-refractivity contribution in [1.29, 1.82) is 0 Å². The summed E-state index contributed by atoms with van der Waals surface area (Å²) in [5.41, 5.74) is 10.3. The van der Waals surface area contributed by atoms with Gasteiger partial charge in [-0.25, -0.2) is 4.79 Å². The summed E-state index contributed by atoms with van der Waals surface area (Å²) in [6, 6.07) is 23.1.